The summed E-state index contributed by atoms with van der Waals surface area (Å²) in [7, 11) is 0. The van der Waals surface area contributed by atoms with Crippen LogP contribution in [0.25, 0.3) is 0 Å². The number of amides is 2. The molecular weight excluding hydrogens is 277 g/mol. The van der Waals surface area contributed by atoms with Gasteiger partial charge in [0.1, 0.15) is 18.0 Å². The first-order chi connectivity index (χ1) is 9.73. The highest BCUT2D eigenvalue weighted by Crippen LogP contribution is 2.17. The summed E-state index contributed by atoms with van der Waals surface area (Å²) in [5, 5.41) is 4.83. The van der Waals surface area contributed by atoms with E-state index in [9.17, 15) is 14.0 Å². The Hall–Kier alpha value is -2.18. The molecule has 21 heavy (non-hydrogen) atoms. The number of pyridine rings is 1. The van der Waals surface area contributed by atoms with Crippen molar-refractivity contribution >= 4 is 17.7 Å². The van der Waals surface area contributed by atoms with Gasteiger partial charge in [-0.15, -0.1) is 0 Å². The quantitative estimate of drug-likeness (QED) is 0.893. The highest BCUT2D eigenvalue weighted by molar-refractivity contribution is 5.94. The molecule has 0 spiro atoms. The standard InChI is InChI=1S/C14H20FN3O3/c1-5-9-10(15)6-16-7-11(9)18-12(19)8-17-13(20)21-14(2,3)4/h6-7H,5,8H2,1-4H3,(H,17,20)(H,18,19). The highest BCUT2D eigenvalue weighted by atomic mass is 19.1. The van der Waals surface area contributed by atoms with Crippen LogP contribution in [-0.2, 0) is 16.0 Å². The van der Waals surface area contributed by atoms with Crippen LogP contribution in [0.4, 0.5) is 14.9 Å². The molecule has 7 heteroatoms. The van der Waals surface area contributed by atoms with E-state index in [1.165, 1.54) is 6.20 Å². The molecule has 0 radical (unpaired) electrons. The number of alkyl carbamates (subject to hydrolysis) is 1. The Morgan fingerprint density at radius 2 is 2.00 bits per heavy atom. The summed E-state index contributed by atoms with van der Waals surface area (Å²) in [4.78, 5) is 26.8. The topological polar surface area (TPSA) is 80.3 Å². The fourth-order valence-electron chi connectivity index (χ4n) is 1.59. The van der Waals surface area contributed by atoms with Crippen molar-refractivity contribution in [3.8, 4) is 0 Å². The SMILES string of the molecule is CCc1c(F)cncc1NC(=O)CNC(=O)OC(C)(C)C. The van der Waals surface area contributed by atoms with Crippen molar-refractivity contribution in [1.29, 1.82) is 0 Å². The van der Waals surface area contributed by atoms with E-state index in [0.29, 0.717) is 17.7 Å². The first-order valence-electron chi connectivity index (χ1n) is 6.62. The number of carbonyl (C=O) groups excluding carboxylic acids is 2. The number of aromatic nitrogens is 1. The zero-order valence-corrected chi connectivity index (χ0v) is 12.6. The van der Waals surface area contributed by atoms with Gasteiger partial charge in [-0.05, 0) is 27.2 Å². The van der Waals surface area contributed by atoms with Gasteiger partial charge in [-0.1, -0.05) is 6.92 Å². The summed E-state index contributed by atoms with van der Waals surface area (Å²) < 4.78 is 18.5. The molecule has 1 rings (SSSR count). The number of ether oxygens (including phenoxy) is 1. The minimum atomic E-state index is -0.689. The van der Waals surface area contributed by atoms with Crippen molar-refractivity contribution in [3.63, 3.8) is 0 Å². The molecule has 116 valence electrons. The zero-order chi connectivity index (χ0) is 16.0. The van der Waals surface area contributed by atoms with Crippen molar-refractivity contribution < 1.29 is 18.7 Å². The number of hydrogen-bond acceptors (Lipinski definition) is 4. The lowest BCUT2D eigenvalue weighted by Crippen LogP contribution is -2.37. The third-order valence-corrected chi connectivity index (χ3v) is 2.42. The fraction of sp³-hybridized carbons (Fsp3) is 0.500. The monoisotopic (exact) mass is 297 g/mol. The number of nitrogens with zero attached hydrogens (tertiary/aromatic N) is 1. The molecule has 0 unspecified atom stereocenters. The molecule has 1 aromatic heterocycles. The van der Waals surface area contributed by atoms with Gasteiger partial charge in [0.25, 0.3) is 0 Å². The second-order valence-electron chi connectivity index (χ2n) is 5.40. The molecule has 1 aromatic rings. The van der Waals surface area contributed by atoms with Crippen molar-refractivity contribution in [2.75, 3.05) is 11.9 Å². The van der Waals surface area contributed by atoms with E-state index in [4.69, 9.17) is 4.74 Å². The molecule has 0 aliphatic carbocycles. The third kappa shape index (κ3) is 5.76. The number of carbonyl (C=O) groups is 2. The summed E-state index contributed by atoms with van der Waals surface area (Å²) in [5.74, 6) is -0.960. The second-order valence-corrected chi connectivity index (χ2v) is 5.40. The summed E-state index contributed by atoms with van der Waals surface area (Å²) in [6, 6.07) is 0. The maximum Gasteiger partial charge on any atom is 0.408 e. The molecule has 1 heterocycles. The summed E-state index contributed by atoms with van der Waals surface area (Å²) in [6.07, 6.45) is 2.19. The van der Waals surface area contributed by atoms with Gasteiger partial charge in [0.05, 0.1) is 18.1 Å². The van der Waals surface area contributed by atoms with Gasteiger partial charge < -0.3 is 15.4 Å². The van der Waals surface area contributed by atoms with Crippen LogP contribution in [0.2, 0.25) is 0 Å². The van der Waals surface area contributed by atoms with Crippen molar-refractivity contribution in [2.24, 2.45) is 0 Å². The number of anilines is 1. The molecular formula is C14H20FN3O3. The van der Waals surface area contributed by atoms with Crippen molar-refractivity contribution in [2.45, 2.75) is 39.7 Å². The predicted molar refractivity (Wildman–Crippen MR) is 76.4 cm³/mol. The molecule has 2 amide bonds. The van der Waals surface area contributed by atoms with Crippen molar-refractivity contribution in [3.05, 3.63) is 23.8 Å². The average Bonchev–Trinajstić information content (AvgIpc) is 2.35. The molecule has 0 bridgehead atoms. The van der Waals surface area contributed by atoms with Crippen LogP contribution in [0.15, 0.2) is 12.4 Å². The Bertz CT molecular complexity index is 527. The molecule has 6 nitrogen and oxygen atoms in total. The first kappa shape index (κ1) is 16.9. The maximum absolute atomic E-state index is 13.5. The third-order valence-electron chi connectivity index (χ3n) is 2.42. The van der Waals surface area contributed by atoms with E-state index < -0.39 is 23.4 Å². The molecule has 0 saturated heterocycles. The molecule has 2 N–H and O–H groups in total. The minimum absolute atomic E-state index is 0.269. The molecule has 0 aliphatic rings. The van der Waals surface area contributed by atoms with Crippen LogP contribution < -0.4 is 10.6 Å². The van der Waals surface area contributed by atoms with Crippen LogP contribution in [0.3, 0.4) is 0 Å². The van der Waals surface area contributed by atoms with E-state index >= 15 is 0 Å². The van der Waals surface area contributed by atoms with E-state index in [2.05, 4.69) is 15.6 Å². The molecule has 0 saturated carbocycles. The molecule has 0 fully saturated rings. The van der Waals surface area contributed by atoms with E-state index in [-0.39, 0.29) is 6.54 Å². The summed E-state index contributed by atoms with van der Waals surface area (Å²) >= 11 is 0. The van der Waals surface area contributed by atoms with Crippen molar-refractivity contribution in [1.82, 2.24) is 10.3 Å². The lowest BCUT2D eigenvalue weighted by Gasteiger charge is -2.19. The zero-order valence-electron chi connectivity index (χ0n) is 12.6. The Morgan fingerprint density at radius 3 is 2.57 bits per heavy atom. The Kier molecular flexibility index (Phi) is 5.63. The van der Waals surface area contributed by atoms with E-state index in [0.717, 1.165) is 6.20 Å². The average molecular weight is 297 g/mol. The lowest BCUT2D eigenvalue weighted by molar-refractivity contribution is -0.115. The van der Waals surface area contributed by atoms with Crippen LogP contribution in [0.1, 0.15) is 33.3 Å². The predicted octanol–water partition coefficient (Wildman–Crippen LogP) is 2.25. The number of halogens is 1. The Balaban J connectivity index is 2.55. The number of hydrogen-bond donors (Lipinski definition) is 2. The van der Waals surface area contributed by atoms with Gasteiger partial charge >= 0.3 is 6.09 Å². The summed E-state index contributed by atoms with van der Waals surface area (Å²) in [6.45, 7) is 6.66. The van der Waals surface area contributed by atoms with E-state index in [1.807, 2.05) is 0 Å². The van der Waals surface area contributed by atoms with Gasteiger partial charge in [-0.2, -0.15) is 0 Å². The van der Waals surface area contributed by atoms with Crippen LogP contribution >= 0.6 is 0 Å². The Labute approximate surface area is 123 Å². The molecule has 0 aromatic carbocycles. The van der Waals surface area contributed by atoms with Gasteiger partial charge in [0, 0.05) is 5.56 Å². The van der Waals surface area contributed by atoms with Gasteiger partial charge in [0.15, 0.2) is 0 Å². The fourth-order valence-corrected chi connectivity index (χ4v) is 1.59. The number of nitrogens with one attached hydrogen (secondary N) is 2. The second kappa shape index (κ2) is 7.01. The maximum atomic E-state index is 13.5. The van der Waals surface area contributed by atoms with Crippen LogP contribution in [-0.4, -0.2) is 29.1 Å². The van der Waals surface area contributed by atoms with Gasteiger partial charge in [0.2, 0.25) is 5.91 Å². The van der Waals surface area contributed by atoms with Crippen LogP contribution in [0.5, 0.6) is 0 Å². The van der Waals surface area contributed by atoms with Gasteiger partial charge in [-0.3, -0.25) is 9.78 Å². The van der Waals surface area contributed by atoms with E-state index in [1.54, 1.807) is 27.7 Å². The smallest absolute Gasteiger partial charge is 0.408 e. The van der Waals surface area contributed by atoms with Gasteiger partial charge in [-0.25, -0.2) is 9.18 Å². The lowest BCUT2D eigenvalue weighted by atomic mass is 10.1. The first-order valence-corrected chi connectivity index (χ1v) is 6.62. The minimum Gasteiger partial charge on any atom is -0.444 e. The molecule has 0 aliphatic heterocycles. The van der Waals surface area contributed by atoms with Crippen LogP contribution in [0, 0.1) is 5.82 Å². The largest absolute Gasteiger partial charge is 0.444 e. The highest BCUT2D eigenvalue weighted by Gasteiger charge is 2.17. The normalized spacial score (nSPS) is 10.9. The summed E-state index contributed by atoms with van der Waals surface area (Å²) in [5.41, 5.74) is 0.0340. The number of rotatable bonds is 4. The molecule has 0 atom stereocenters. The Morgan fingerprint density at radius 1 is 1.33 bits per heavy atom.